The molecule has 0 bridgehead atoms. The topological polar surface area (TPSA) is 111 Å². The molecule has 0 fully saturated rings. The van der Waals surface area contributed by atoms with E-state index in [-0.39, 0.29) is 0 Å². The molecule has 0 aromatic heterocycles. The summed E-state index contributed by atoms with van der Waals surface area (Å²) in [4.78, 5) is 10.8. The molecule has 0 aromatic carbocycles. The fourth-order valence-electron chi connectivity index (χ4n) is 1.03. The van der Waals surface area contributed by atoms with E-state index < -0.39 is 36.1 Å². The van der Waals surface area contributed by atoms with E-state index in [1.807, 2.05) is 0 Å². The van der Waals surface area contributed by atoms with Crippen LogP contribution in [0.5, 0.6) is 0 Å². The Morgan fingerprint density at radius 2 is 1.50 bits per heavy atom. The number of hydrogen-bond acceptors (Lipinski definition) is 5. The van der Waals surface area contributed by atoms with Gasteiger partial charge in [-0.25, -0.2) is 16.8 Å². The largest absolute Gasteiger partial charge is 0.370 e. The lowest BCUT2D eigenvalue weighted by molar-refractivity contribution is -0.118. The summed E-state index contributed by atoms with van der Waals surface area (Å²) >= 11 is 0. The van der Waals surface area contributed by atoms with Crippen molar-refractivity contribution in [1.82, 2.24) is 0 Å². The summed E-state index contributed by atoms with van der Waals surface area (Å²) in [7, 11) is -8.44. The molecule has 0 atom stereocenters. The molecule has 2 N–H and O–H groups in total. The van der Waals surface area contributed by atoms with Gasteiger partial charge in [0.25, 0.3) is 0 Å². The zero-order valence-corrected chi connectivity index (χ0v) is 10.3. The molecule has 0 unspecified atom stereocenters. The Labute approximate surface area is 94.7 Å². The number of primary amides is 1. The summed E-state index contributed by atoms with van der Waals surface area (Å²) in [6.45, 7) is 6.92. The van der Waals surface area contributed by atoms with E-state index in [0.29, 0.717) is 10.8 Å². The standard InChI is InChI=1S/C8H13NO5S2/c1-4-15(11,12)8(3,6-7(9)10)16(13,14)5-2/h4-5H,1-2,6H2,3H3,(H2,9,10). The third-order valence-corrected chi connectivity index (χ3v) is 7.11. The fourth-order valence-corrected chi connectivity index (χ4v) is 4.13. The summed E-state index contributed by atoms with van der Waals surface area (Å²) in [6, 6.07) is 0. The van der Waals surface area contributed by atoms with E-state index in [9.17, 15) is 21.6 Å². The van der Waals surface area contributed by atoms with E-state index >= 15 is 0 Å². The lowest BCUT2D eigenvalue weighted by Gasteiger charge is -2.24. The van der Waals surface area contributed by atoms with Gasteiger partial charge in [0.15, 0.2) is 23.8 Å². The highest BCUT2D eigenvalue weighted by Crippen LogP contribution is 2.30. The third kappa shape index (κ3) is 2.33. The lowest BCUT2D eigenvalue weighted by atomic mass is 10.3. The van der Waals surface area contributed by atoms with Gasteiger partial charge in [0, 0.05) is 10.8 Å². The van der Waals surface area contributed by atoms with Gasteiger partial charge >= 0.3 is 0 Å². The molecule has 0 aliphatic heterocycles. The number of carbonyl (C=O) groups excluding carboxylic acids is 1. The van der Waals surface area contributed by atoms with E-state index in [4.69, 9.17) is 5.73 Å². The van der Waals surface area contributed by atoms with Crippen molar-refractivity contribution in [2.75, 3.05) is 0 Å². The van der Waals surface area contributed by atoms with Crippen LogP contribution in [0.2, 0.25) is 0 Å². The molecule has 8 heteroatoms. The summed E-state index contributed by atoms with van der Waals surface area (Å²) < 4.78 is 44.1. The summed E-state index contributed by atoms with van der Waals surface area (Å²) in [6.07, 6.45) is -0.851. The molecular weight excluding hydrogens is 254 g/mol. The first-order valence-corrected chi connectivity index (χ1v) is 7.16. The molecule has 0 spiro atoms. The second kappa shape index (κ2) is 4.38. The van der Waals surface area contributed by atoms with E-state index in [0.717, 1.165) is 6.92 Å². The van der Waals surface area contributed by atoms with Crippen LogP contribution in [0.4, 0.5) is 0 Å². The van der Waals surface area contributed by atoms with Crippen LogP contribution in [0.3, 0.4) is 0 Å². The Morgan fingerprint density at radius 3 is 1.69 bits per heavy atom. The molecule has 0 aliphatic rings. The number of amides is 1. The van der Waals surface area contributed by atoms with Crippen LogP contribution in [0, 0.1) is 0 Å². The molecule has 16 heavy (non-hydrogen) atoms. The quantitative estimate of drug-likeness (QED) is 0.709. The third-order valence-electron chi connectivity index (χ3n) is 2.14. The highest BCUT2D eigenvalue weighted by molar-refractivity contribution is 8.12. The summed E-state index contributed by atoms with van der Waals surface area (Å²) in [5.41, 5.74) is 4.84. The molecule has 6 nitrogen and oxygen atoms in total. The maximum atomic E-state index is 11.6. The number of hydrogen-bond donors (Lipinski definition) is 1. The maximum absolute atomic E-state index is 11.6. The normalized spacial score (nSPS) is 13.1. The highest BCUT2D eigenvalue weighted by atomic mass is 32.3. The van der Waals surface area contributed by atoms with Crippen molar-refractivity contribution in [3.63, 3.8) is 0 Å². The minimum absolute atomic E-state index is 0.483. The Bertz CT molecular complexity index is 477. The number of nitrogens with two attached hydrogens (primary N) is 1. The fraction of sp³-hybridized carbons (Fsp3) is 0.375. The zero-order chi connectivity index (χ0) is 13.2. The van der Waals surface area contributed by atoms with Crippen molar-refractivity contribution in [2.24, 2.45) is 5.73 Å². The van der Waals surface area contributed by atoms with Crippen molar-refractivity contribution < 1.29 is 21.6 Å². The second-order valence-electron chi connectivity index (χ2n) is 3.20. The minimum Gasteiger partial charge on any atom is -0.370 e. The summed E-state index contributed by atoms with van der Waals surface area (Å²) in [5.74, 6) is -1.04. The van der Waals surface area contributed by atoms with Crippen LogP contribution in [-0.2, 0) is 24.5 Å². The average molecular weight is 267 g/mol. The van der Waals surface area contributed by atoms with E-state index in [1.165, 1.54) is 0 Å². The predicted octanol–water partition coefficient (Wildman–Crippen LogP) is -0.305. The van der Waals surface area contributed by atoms with Gasteiger partial charge in [-0.1, -0.05) is 13.2 Å². The van der Waals surface area contributed by atoms with Gasteiger partial charge in [-0.2, -0.15) is 0 Å². The van der Waals surface area contributed by atoms with Gasteiger partial charge in [0.1, 0.15) is 0 Å². The van der Waals surface area contributed by atoms with Gasteiger partial charge < -0.3 is 5.73 Å². The highest BCUT2D eigenvalue weighted by Gasteiger charge is 2.49. The Morgan fingerprint density at radius 1 is 1.19 bits per heavy atom. The smallest absolute Gasteiger partial charge is 0.220 e. The molecule has 0 heterocycles. The predicted molar refractivity (Wildman–Crippen MR) is 60.5 cm³/mol. The SMILES string of the molecule is C=CS(=O)(=O)C(C)(CC(N)=O)S(=O)(=O)C=C. The number of carbonyl (C=O) groups is 1. The molecule has 1 amide bonds. The molecule has 0 aromatic rings. The monoisotopic (exact) mass is 267 g/mol. The molecule has 0 radical (unpaired) electrons. The molecule has 0 aliphatic carbocycles. The molecular formula is C8H13NO5S2. The van der Waals surface area contributed by atoms with Gasteiger partial charge in [0.2, 0.25) is 5.91 Å². The van der Waals surface area contributed by atoms with Gasteiger partial charge in [-0.3, -0.25) is 4.79 Å². The van der Waals surface area contributed by atoms with Crippen molar-refractivity contribution in [1.29, 1.82) is 0 Å². The lowest BCUT2D eigenvalue weighted by Crippen LogP contribution is -2.44. The van der Waals surface area contributed by atoms with Crippen LogP contribution in [0.25, 0.3) is 0 Å². The van der Waals surface area contributed by atoms with Crippen molar-refractivity contribution in [3.8, 4) is 0 Å². The molecule has 0 saturated carbocycles. The molecule has 92 valence electrons. The summed E-state index contributed by atoms with van der Waals surface area (Å²) in [5, 5.41) is 0.966. The number of rotatable bonds is 6. The Balaban J connectivity index is 6.06. The first-order valence-electron chi connectivity index (χ1n) is 4.06. The van der Waals surface area contributed by atoms with E-state index in [2.05, 4.69) is 13.2 Å². The maximum Gasteiger partial charge on any atom is 0.220 e. The number of sulfone groups is 2. The van der Waals surface area contributed by atoms with Gasteiger partial charge in [-0.05, 0) is 6.92 Å². The van der Waals surface area contributed by atoms with Crippen LogP contribution in [0.15, 0.2) is 24.0 Å². The molecule has 0 rings (SSSR count). The van der Waals surface area contributed by atoms with Crippen LogP contribution in [0.1, 0.15) is 13.3 Å². The average Bonchev–Trinajstić information content (AvgIpc) is 2.16. The first-order chi connectivity index (χ1) is 7.04. The molecule has 0 saturated heterocycles. The zero-order valence-electron chi connectivity index (χ0n) is 8.71. The van der Waals surface area contributed by atoms with E-state index in [1.54, 1.807) is 0 Å². The minimum atomic E-state index is -4.22. The van der Waals surface area contributed by atoms with Crippen molar-refractivity contribution >= 4 is 25.6 Å². The Hall–Kier alpha value is -1.15. The Kier molecular flexibility index (Phi) is 4.07. The first kappa shape index (κ1) is 14.8. The second-order valence-corrected chi connectivity index (χ2v) is 8.11. The van der Waals surface area contributed by atoms with Gasteiger partial charge in [0.05, 0.1) is 6.42 Å². The van der Waals surface area contributed by atoms with Crippen LogP contribution < -0.4 is 5.73 Å². The van der Waals surface area contributed by atoms with Crippen LogP contribution in [-0.4, -0.2) is 26.8 Å². The van der Waals surface area contributed by atoms with Gasteiger partial charge in [-0.15, -0.1) is 0 Å². The van der Waals surface area contributed by atoms with Crippen molar-refractivity contribution in [2.45, 2.75) is 17.4 Å². The van der Waals surface area contributed by atoms with Crippen LogP contribution >= 0.6 is 0 Å². The van der Waals surface area contributed by atoms with Crippen molar-refractivity contribution in [3.05, 3.63) is 24.0 Å².